The molecule has 0 spiro atoms. The van der Waals surface area contributed by atoms with Crippen LogP contribution in [-0.2, 0) is 11.2 Å². The number of hydrogen-bond acceptors (Lipinski definition) is 2. The Labute approximate surface area is 138 Å². The third-order valence-corrected chi connectivity index (χ3v) is 5.29. The molecule has 2 aliphatic rings. The summed E-state index contributed by atoms with van der Waals surface area (Å²) in [7, 11) is 0. The Morgan fingerprint density at radius 3 is 2.61 bits per heavy atom. The van der Waals surface area contributed by atoms with Crippen LogP contribution in [0.5, 0.6) is 0 Å². The van der Waals surface area contributed by atoms with Crippen molar-refractivity contribution >= 4 is 5.97 Å². The van der Waals surface area contributed by atoms with Gasteiger partial charge in [-0.2, -0.15) is 0 Å². The minimum atomic E-state index is -0.818. The standard InChI is InChI=1S/C20H25NO2/c22-19(23)20(15-17-6-2-1-3-7-17)11-5-4-8-18(20)14-16-9-12-21-13-10-16/h1-8,11,16,18,21H,9-10,12-15H2,(H,22,23). The predicted octanol–water partition coefficient (Wildman–Crippen LogP) is 3.43. The summed E-state index contributed by atoms with van der Waals surface area (Å²) in [5.41, 5.74) is 0.270. The van der Waals surface area contributed by atoms with Gasteiger partial charge >= 0.3 is 5.97 Å². The first-order valence-corrected chi connectivity index (χ1v) is 8.55. The molecule has 1 fully saturated rings. The van der Waals surface area contributed by atoms with E-state index in [1.165, 1.54) is 0 Å². The Hall–Kier alpha value is -1.87. The van der Waals surface area contributed by atoms with Gasteiger partial charge in [0.2, 0.25) is 0 Å². The third-order valence-electron chi connectivity index (χ3n) is 5.29. The van der Waals surface area contributed by atoms with E-state index in [4.69, 9.17) is 0 Å². The molecule has 1 heterocycles. The highest BCUT2D eigenvalue weighted by molar-refractivity contribution is 5.79. The van der Waals surface area contributed by atoms with Crippen LogP contribution in [0.3, 0.4) is 0 Å². The van der Waals surface area contributed by atoms with Crippen LogP contribution in [-0.4, -0.2) is 24.2 Å². The van der Waals surface area contributed by atoms with Crippen molar-refractivity contribution in [2.75, 3.05) is 13.1 Å². The Balaban J connectivity index is 1.84. The highest BCUT2D eigenvalue weighted by Gasteiger charge is 2.44. The topological polar surface area (TPSA) is 49.3 Å². The largest absolute Gasteiger partial charge is 0.481 e. The molecule has 0 bridgehead atoms. The van der Waals surface area contributed by atoms with Crippen molar-refractivity contribution in [2.24, 2.45) is 17.3 Å². The summed E-state index contributed by atoms with van der Waals surface area (Å²) >= 11 is 0. The van der Waals surface area contributed by atoms with Crippen LogP contribution in [0.1, 0.15) is 24.8 Å². The number of allylic oxidation sites excluding steroid dienone is 3. The maximum Gasteiger partial charge on any atom is 0.314 e. The molecule has 2 N–H and O–H groups in total. The SMILES string of the molecule is O=C(O)C1(Cc2ccccc2)C=CC=CC1CC1CCNCC1. The summed E-state index contributed by atoms with van der Waals surface area (Å²) in [5.74, 6) is -0.0268. The molecular formula is C20H25NO2. The van der Waals surface area contributed by atoms with E-state index in [0.717, 1.165) is 37.9 Å². The molecule has 0 saturated carbocycles. The van der Waals surface area contributed by atoms with Gasteiger partial charge in [-0.25, -0.2) is 0 Å². The molecule has 3 rings (SSSR count). The van der Waals surface area contributed by atoms with Gasteiger partial charge in [-0.15, -0.1) is 0 Å². The van der Waals surface area contributed by atoms with E-state index in [0.29, 0.717) is 12.3 Å². The van der Waals surface area contributed by atoms with Gasteiger partial charge in [0.1, 0.15) is 0 Å². The summed E-state index contributed by atoms with van der Waals surface area (Å²) in [6.07, 6.45) is 11.7. The number of benzene rings is 1. The second kappa shape index (κ2) is 7.14. The smallest absolute Gasteiger partial charge is 0.314 e. The molecule has 1 aromatic rings. The number of carbonyl (C=O) groups is 1. The number of piperidine rings is 1. The molecule has 1 saturated heterocycles. The zero-order valence-corrected chi connectivity index (χ0v) is 13.4. The van der Waals surface area contributed by atoms with E-state index in [9.17, 15) is 9.90 Å². The normalized spacial score (nSPS) is 27.9. The predicted molar refractivity (Wildman–Crippen MR) is 92.2 cm³/mol. The quantitative estimate of drug-likeness (QED) is 0.876. The van der Waals surface area contributed by atoms with Crippen molar-refractivity contribution in [2.45, 2.75) is 25.7 Å². The van der Waals surface area contributed by atoms with Crippen molar-refractivity contribution in [1.29, 1.82) is 0 Å². The number of carboxylic acids is 1. The molecule has 2 unspecified atom stereocenters. The lowest BCUT2D eigenvalue weighted by Crippen LogP contribution is -2.41. The van der Waals surface area contributed by atoms with Crippen LogP contribution < -0.4 is 5.32 Å². The molecule has 0 aromatic heterocycles. The number of carboxylic acid groups (broad SMARTS) is 1. The Morgan fingerprint density at radius 2 is 1.91 bits per heavy atom. The molecule has 1 aliphatic carbocycles. The van der Waals surface area contributed by atoms with E-state index in [-0.39, 0.29) is 5.92 Å². The summed E-state index contributed by atoms with van der Waals surface area (Å²) < 4.78 is 0. The second-order valence-electron chi connectivity index (χ2n) is 6.79. The average molecular weight is 311 g/mol. The molecule has 23 heavy (non-hydrogen) atoms. The molecule has 1 aliphatic heterocycles. The van der Waals surface area contributed by atoms with E-state index in [1.54, 1.807) is 0 Å². The van der Waals surface area contributed by atoms with Crippen LogP contribution in [0.15, 0.2) is 54.6 Å². The van der Waals surface area contributed by atoms with Crippen LogP contribution in [0.2, 0.25) is 0 Å². The van der Waals surface area contributed by atoms with Crippen molar-refractivity contribution in [3.05, 3.63) is 60.2 Å². The van der Waals surface area contributed by atoms with E-state index in [1.807, 2.05) is 48.6 Å². The van der Waals surface area contributed by atoms with Crippen molar-refractivity contribution < 1.29 is 9.90 Å². The average Bonchev–Trinajstić information content (AvgIpc) is 2.58. The fourth-order valence-corrected chi connectivity index (χ4v) is 3.92. The van der Waals surface area contributed by atoms with Crippen molar-refractivity contribution in [1.82, 2.24) is 5.32 Å². The first kappa shape index (κ1) is 16.0. The van der Waals surface area contributed by atoms with Crippen LogP contribution in [0.25, 0.3) is 0 Å². The van der Waals surface area contributed by atoms with Gasteiger partial charge in [-0.1, -0.05) is 54.6 Å². The van der Waals surface area contributed by atoms with Crippen LogP contribution >= 0.6 is 0 Å². The van der Waals surface area contributed by atoms with Crippen molar-refractivity contribution in [3.63, 3.8) is 0 Å². The molecule has 3 nitrogen and oxygen atoms in total. The molecule has 0 amide bonds. The Morgan fingerprint density at radius 1 is 1.17 bits per heavy atom. The number of rotatable bonds is 5. The summed E-state index contributed by atoms with van der Waals surface area (Å²) in [5, 5.41) is 13.4. The monoisotopic (exact) mass is 311 g/mol. The Bertz CT molecular complexity index is 587. The van der Waals surface area contributed by atoms with E-state index >= 15 is 0 Å². The molecule has 1 aromatic carbocycles. The lowest BCUT2D eigenvalue weighted by Gasteiger charge is -2.38. The molecule has 122 valence electrons. The van der Waals surface area contributed by atoms with Gasteiger partial charge in [0.05, 0.1) is 5.41 Å². The minimum absolute atomic E-state index is 0.0632. The first-order valence-electron chi connectivity index (χ1n) is 8.55. The van der Waals surface area contributed by atoms with Gasteiger partial charge in [-0.3, -0.25) is 4.79 Å². The van der Waals surface area contributed by atoms with E-state index < -0.39 is 11.4 Å². The van der Waals surface area contributed by atoms with Gasteiger partial charge in [-0.05, 0) is 56.2 Å². The third kappa shape index (κ3) is 3.56. The molecule has 3 heteroatoms. The van der Waals surface area contributed by atoms with Gasteiger partial charge < -0.3 is 10.4 Å². The fourth-order valence-electron chi connectivity index (χ4n) is 3.92. The minimum Gasteiger partial charge on any atom is -0.481 e. The summed E-state index contributed by atoms with van der Waals surface area (Å²) in [6, 6.07) is 9.99. The molecule has 0 radical (unpaired) electrons. The maximum absolute atomic E-state index is 12.2. The van der Waals surface area contributed by atoms with E-state index in [2.05, 4.69) is 11.4 Å². The molecule has 2 atom stereocenters. The number of nitrogens with one attached hydrogen (secondary N) is 1. The molecular weight excluding hydrogens is 286 g/mol. The number of hydrogen-bond donors (Lipinski definition) is 2. The lowest BCUT2D eigenvalue weighted by molar-refractivity contribution is -0.148. The summed E-state index contributed by atoms with van der Waals surface area (Å²) in [6.45, 7) is 2.10. The zero-order valence-electron chi connectivity index (χ0n) is 13.4. The first-order chi connectivity index (χ1) is 11.2. The summed E-state index contributed by atoms with van der Waals surface area (Å²) in [4.78, 5) is 12.2. The van der Waals surface area contributed by atoms with Crippen molar-refractivity contribution in [3.8, 4) is 0 Å². The number of aliphatic carboxylic acids is 1. The van der Waals surface area contributed by atoms with Crippen LogP contribution in [0, 0.1) is 17.3 Å². The van der Waals surface area contributed by atoms with Gasteiger partial charge in [0.25, 0.3) is 0 Å². The second-order valence-corrected chi connectivity index (χ2v) is 6.79. The lowest BCUT2D eigenvalue weighted by atomic mass is 9.65. The highest BCUT2D eigenvalue weighted by atomic mass is 16.4. The fraction of sp³-hybridized carbons (Fsp3) is 0.450. The maximum atomic E-state index is 12.2. The highest BCUT2D eigenvalue weighted by Crippen LogP contribution is 2.42. The Kier molecular flexibility index (Phi) is 4.97. The van der Waals surface area contributed by atoms with Gasteiger partial charge in [0.15, 0.2) is 0 Å². The zero-order chi connectivity index (χ0) is 16.1. The van der Waals surface area contributed by atoms with Crippen LogP contribution in [0.4, 0.5) is 0 Å². The van der Waals surface area contributed by atoms with Gasteiger partial charge in [0, 0.05) is 0 Å².